The van der Waals surface area contributed by atoms with Crippen LogP contribution in [-0.2, 0) is 0 Å². The molecular weight excluding hydrogens is 208 g/mol. The number of hydrogen-bond donors (Lipinski definition) is 4. The molecule has 7 heteroatoms. The number of nitrogens with two attached hydrogens (primary N) is 2. The number of pyridine rings is 1. The van der Waals surface area contributed by atoms with E-state index in [1.807, 2.05) is 6.07 Å². The summed E-state index contributed by atoms with van der Waals surface area (Å²) < 4.78 is 0. The highest BCUT2D eigenvalue weighted by atomic mass is 16.2. The normalized spacial score (nSPS) is 9.19. The Hall–Kier alpha value is -2.49. The number of nitrogen functional groups attached to an aromatic ring is 1. The molecule has 84 valence electrons. The second-order valence-electron chi connectivity index (χ2n) is 2.99. The first-order chi connectivity index (χ1) is 7.63. The summed E-state index contributed by atoms with van der Waals surface area (Å²) in [5, 5.41) is 13.9. The van der Waals surface area contributed by atoms with Gasteiger partial charge in [0.05, 0.1) is 11.3 Å². The monoisotopic (exact) mass is 220 g/mol. The van der Waals surface area contributed by atoms with Crippen molar-refractivity contribution in [3.05, 3.63) is 17.8 Å². The van der Waals surface area contributed by atoms with Crippen LogP contribution in [0.3, 0.4) is 0 Å². The van der Waals surface area contributed by atoms with Crippen LogP contribution in [0.25, 0.3) is 0 Å². The minimum atomic E-state index is -0.581. The van der Waals surface area contributed by atoms with Crippen molar-refractivity contribution >= 4 is 17.5 Å². The number of carbonyl (C=O) groups excluding carboxylic acids is 1. The van der Waals surface area contributed by atoms with E-state index in [-0.39, 0.29) is 0 Å². The van der Waals surface area contributed by atoms with Gasteiger partial charge in [-0.3, -0.25) is 0 Å². The Morgan fingerprint density at radius 2 is 2.31 bits per heavy atom. The molecule has 0 aliphatic rings. The van der Waals surface area contributed by atoms with Gasteiger partial charge in [0, 0.05) is 19.3 Å². The van der Waals surface area contributed by atoms with Crippen molar-refractivity contribution in [2.75, 3.05) is 24.1 Å². The third kappa shape index (κ3) is 3.34. The van der Waals surface area contributed by atoms with Crippen molar-refractivity contribution in [1.29, 1.82) is 5.26 Å². The average Bonchev–Trinajstić information content (AvgIpc) is 2.25. The van der Waals surface area contributed by atoms with Crippen molar-refractivity contribution in [1.82, 2.24) is 10.3 Å². The SMILES string of the molecule is N#Cc1cnc(NCCNC(N)=O)c(N)c1. The Morgan fingerprint density at radius 1 is 1.56 bits per heavy atom. The number of carbonyl (C=O) groups is 1. The number of anilines is 2. The molecule has 1 aromatic heterocycles. The van der Waals surface area contributed by atoms with Crippen LogP contribution < -0.4 is 22.1 Å². The number of urea groups is 1. The first-order valence-electron chi connectivity index (χ1n) is 4.56. The molecule has 0 bridgehead atoms. The Labute approximate surface area is 92.4 Å². The van der Waals surface area contributed by atoms with Crippen LogP contribution in [0, 0.1) is 11.3 Å². The zero-order chi connectivity index (χ0) is 12.0. The number of aromatic nitrogens is 1. The van der Waals surface area contributed by atoms with Gasteiger partial charge in [0.2, 0.25) is 0 Å². The van der Waals surface area contributed by atoms with Gasteiger partial charge in [-0.05, 0) is 6.07 Å². The van der Waals surface area contributed by atoms with Gasteiger partial charge in [-0.2, -0.15) is 5.26 Å². The summed E-state index contributed by atoms with van der Waals surface area (Å²) in [7, 11) is 0. The Bertz CT molecular complexity index is 424. The highest BCUT2D eigenvalue weighted by molar-refractivity contribution is 5.71. The van der Waals surface area contributed by atoms with E-state index in [9.17, 15) is 4.79 Å². The largest absolute Gasteiger partial charge is 0.396 e. The molecule has 0 saturated heterocycles. The van der Waals surface area contributed by atoms with Crippen LogP contribution in [0.5, 0.6) is 0 Å². The van der Waals surface area contributed by atoms with Gasteiger partial charge >= 0.3 is 6.03 Å². The number of nitrogens with one attached hydrogen (secondary N) is 2. The van der Waals surface area contributed by atoms with Crippen molar-refractivity contribution in [3.8, 4) is 6.07 Å². The number of nitriles is 1. The minimum Gasteiger partial charge on any atom is -0.396 e. The van der Waals surface area contributed by atoms with E-state index in [0.717, 1.165) is 0 Å². The lowest BCUT2D eigenvalue weighted by atomic mass is 10.3. The quantitative estimate of drug-likeness (QED) is 0.513. The van der Waals surface area contributed by atoms with Gasteiger partial charge in [0.25, 0.3) is 0 Å². The molecule has 1 aromatic rings. The lowest BCUT2D eigenvalue weighted by Crippen LogP contribution is -2.33. The van der Waals surface area contributed by atoms with Gasteiger partial charge in [-0.25, -0.2) is 9.78 Å². The average molecular weight is 220 g/mol. The third-order valence-electron chi connectivity index (χ3n) is 1.76. The second-order valence-corrected chi connectivity index (χ2v) is 2.99. The fourth-order valence-electron chi connectivity index (χ4n) is 1.06. The molecule has 0 spiro atoms. The first-order valence-corrected chi connectivity index (χ1v) is 4.56. The van der Waals surface area contributed by atoms with Crippen molar-refractivity contribution in [2.45, 2.75) is 0 Å². The molecular formula is C9H12N6O. The first kappa shape index (κ1) is 11.6. The van der Waals surface area contributed by atoms with E-state index in [1.165, 1.54) is 12.3 Å². The molecule has 7 nitrogen and oxygen atoms in total. The van der Waals surface area contributed by atoms with Gasteiger partial charge in [-0.1, -0.05) is 0 Å². The molecule has 0 radical (unpaired) electrons. The number of amides is 2. The molecule has 1 heterocycles. The van der Waals surface area contributed by atoms with Crippen LogP contribution in [-0.4, -0.2) is 24.1 Å². The van der Waals surface area contributed by atoms with E-state index in [2.05, 4.69) is 15.6 Å². The van der Waals surface area contributed by atoms with Crippen LogP contribution in [0.15, 0.2) is 12.3 Å². The van der Waals surface area contributed by atoms with Crippen LogP contribution >= 0.6 is 0 Å². The summed E-state index contributed by atoms with van der Waals surface area (Å²) in [4.78, 5) is 14.3. The molecule has 16 heavy (non-hydrogen) atoms. The fraction of sp³-hybridized carbons (Fsp3) is 0.222. The van der Waals surface area contributed by atoms with Gasteiger partial charge in [-0.15, -0.1) is 0 Å². The van der Waals surface area contributed by atoms with E-state index in [0.29, 0.717) is 30.2 Å². The number of hydrogen-bond acceptors (Lipinski definition) is 5. The Balaban J connectivity index is 2.49. The molecule has 0 atom stereocenters. The standard InChI is InChI=1S/C9H12N6O/c10-4-6-3-7(11)8(15-5-6)13-1-2-14-9(12)16/h3,5H,1-2,11H2,(H,13,15)(H3,12,14,16). The Morgan fingerprint density at radius 3 is 2.88 bits per heavy atom. The maximum absolute atomic E-state index is 10.4. The number of primary amides is 1. The molecule has 0 aliphatic carbocycles. The van der Waals surface area contributed by atoms with Crippen molar-refractivity contribution in [3.63, 3.8) is 0 Å². The number of nitrogens with zero attached hydrogens (tertiary/aromatic N) is 2. The van der Waals surface area contributed by atoms with Gasteiger partial charge in [0.15, 0.2) is 0 Å². The van der Waals surface area contributed by atoms with Crippen LogP contribution in [0.1, 0.15) is 5.56 Å². The predicted molar refractivity (Wildman–Crippen MR) is 59.4 cm³/mol. The molecule has 1 rings (SSSR count). The highest BCUT2D eigenvalue weighted by Crippen LogP contribution is 2.15. The molecule has 2 amide bonds. The maximum atomic E-state index is 10.4. The summed E-state index contributed by atoms with van der Waals surface area (Å²) in [6, 6.07) is 2.88. The lowest BCUT2D eigenvalue weighted by Gasteiger charge is -2.08. The van der Waals surface area contributed by atoms with Crippen LogP contribution in [0.2, 0.25) is 0 Å². The zero-order valence-electron chi connectivity index (χ0n) is 8.53. The maximum Gasteiger partial charge on any atom is 0.312 e. The molecule has 0 unspecified atom stereocenters. The Kier molecular flexibility index (Phi) is 3.91. The fourth-order valence-corrected chi connectivity index (χ4v) is 1.06. The topological polar surface area (TPSA) is 130 Å². The predicted octanol–water partition coefficient (Wildman–Crippen LogP) is -0.384. The molecule has 6 N–H and O–H groups in total. The zero-order valence-corrected chi connectivity index (χ0v) is 8.53. The summed E-state index contributed by atoms with van der Waals surface area (Å²) >= 11 is 0. The number of rotatable bonds is 4. The molecule has 0 aromatic carbocycles. The summed E-state index contributed by atoms with van der Waals surface area (Å²) in [5.41, 5.74) is 11.3. The second kappa shape index (κ2) is 5.41. The summed E-state index contributed by atoms with van der Waals surface area (Å²) in [6.07, 6.45) is 1.42. The summed E-state index contributed by atoms with van der Waals surface area (Å²) in [6.45, 7) is 0.822. The molecule has 0 aliphatic heterocycles. The van der Waals surface area contributed by atoms with Crippen molar-refractivity contribution < 1.29 is 4.79 Å². The van der Waals surface area contributed by atoms with E-state index >= 15 is 0 Å². The van der Waals surface area contributed by atoms with Gasteiger partial charge < -0.3 is 22.1 Å². The van der Waals surface area contributed by atoms with E-state index in [4.69, 9.17) is 16.7 Å². The van der Waals surface area contributed by atoms with Crippen LogP contribution in [0.4, 0.5) is 16.3 Å². The lowest BCUT2D eigenvalue weighted by molar-refractivity contribution is 0.249. The molecule has 0 saturated carbocycles. The third-order valence-corrected chi connectivity index (χ3v) is 1.76. The smallest absolute Gasteiger partial charge is 0.312 e. The minimum absolute atomic E-state index is 0.371. The summed E-state index contributed by atoms with van der Waals surface area (Å²) in [5.74, 6) is 0.477. The molecule has 0 fully saturated rings. The van der Waals surface area contributed by atoms with E-state index in [1.54, 1.807) is 0 Å². The highest BCUT2D eigenvalue weighted by Gasteiger charge is 2.01. The van der Waals surface area contributed by atoms with E-state index < -0.39 is 6.03 Å². The van der Waals surface area contributed by atoms with Crippen molar-refractivity contribution in [2.24, 2.45) is 5.73 Å². The van der Waals surface area contributed by atoms with Gasteiger partial charge in [0.1, 0.15) is 11.9 Å².